The Morgan fingerprint density at radius 1 is 1.35 bits per heavy atom. The summed E-state index contributed by atoms with van der Waals surface area (Å²) in [6, 6.07) is 6.97. The minimum atomic E-state index is 0.293. The Kier molecular flexibility index (Phi) is 4.19. The van der Waals surface area contributed by atoms with Crippen LogP contribution in [0.1, 0.15) is 36.0 Å². The monoisotopic (exact) mass is 233 g/mol. The minimum absolute atomic E-state index is 0.293. The van der Waals surface area contributed by atoms with Crippen LogP contribution < -0.4 is 5.32 Å². The topological polar surface area (TPSA) is 32.3 Å². The molecule has 0 aliphatic heterocycles. The molecule has 1 unspecified atom stereocenters. The first-order chi connectivity index (χ1) is 8.22. The predicted octanol–water partition coefficient (Wildman–Crippen LogP) is 2.55. The van der Waals surface area contributed by atoms with Gasteiger partial charge in [0.25, 0.3) is 0 Å². The van der Waals surface area contributed by atoms with E-state index in [1.54, 1.807) is 0 Å². The number of aliphatic hydroxyl groups excluding tert-OH is 1. The normalized spacial score (nSPS) is 17.1. The molecule has 2 heteroatoms. The summed E-state index contributed by atoms with van der Waals surface area (Å²) >= 11 is 0. The summed E-state index contributed by atoms with van der Waals surface area (Å²) < 4.78 is 0. The van der Waals surface area contributed by atoms with Crippen LogP contribution >= 0.6 is 0 Å². The molecule has 1 saturated carbocycles. The fourth-order valence-corrected chi connectivity index (χ4v) is 2.39. The van der Waals surface area contributed by atoms with Crippen LogP contribution in [0.15, 0.2) is 18.2 Å². The van der Waals surface area contributed by atoms with Crippen molar-refractivity contribution in [3.05, 3.63) is 34.9 Å². The third kappa shape index (κ3) is 3.30. The molecule has 0 spiro atoms. The Hall–Kier alpha value is -0.860. The second kappa shape index (κ2) is 5.65. The standard InChI is InChI=1S/C15H23NO/c1-11-4-3-5-14(12(11)2)10-16-15(8-9-17)13-6-7-13/h3-5,13,15-17H,6-10H2,1-2H3. The maximum atomic E-state index is 9.07. The van der Waals surface area contributed by atoms with Gasteiger partial charge in [0.2, 0.25) is 0 Å². The average molecular weight is 233 g/mol. The van der Waals surface area contributed by atoms with E-state index in [0.717, 1.165) is 18.9 Å². The molecule has 0 saturated heterocycles. The van der Waals surface area contributed by atoms with Crippen LogP contribution in [0.3, 0.4) is 0 Å². The highest BCUT2D eigenvalue weighted by Crippen LogP contribution is 2.34. The number of rotatable bonds is 6. The molecule has 0 bridgehead atoms. The summed E-state index contributed by atoms with van der Waals surface area (Å²) in [6.45, 7) is 5.56. The molecule has 0 aromatic heterocycles. The zero-order chi connectivity index (χ0) is 12.3. The van der Waals surface area contributed by atoms with Gasteiger partial charge >= 0.3 is 0 Å². The molecule has 0 amide bonds. The van der Waals surface area contributed by atoms with Crippen LogP contribution in [-0.2, 0) is 6.54 Å². The van der Waals surface area contributed by atoms with Crippen molar-refractivity contribution in [3.8, 4) is 0 Å². The lowest BCUT2D eigenvalue weighted by Crippen LogP contribution is -2.31. The predicted molar refractivity (Wildman–Crippen MR) is 71.0 cm³/mol. The van der Waals surface area contributed by atoms with Gasteiger partial charge in [-0.1, -0.05) is 18.2 Å². The van der Waals surface area contributed by atoms with Gasteiger partial charge < -0.3 is 10.4 Å². The maximum Gasteiger partial charge on any atom is 0.0445 e. The average Bonchev–Trinajstić information content (AvgIpc) is 3.13. The number of hydrogen-bond acceptors (Lipinski definition) is 2. The van der Waals surface area contributed by atoms with Crippen molar-refractivity contribution in [3.63, 3.8) is 0 Å². The summed E-state index contributed by atoms with van der Waals surface area (Å²) in [6.07, 6.45) is 3.53. The highest BCUT2D eigenvalue weighted by Gasteiger charge is 2.30. The largest absolute Gasteiger partial charge is 0.396 e. The Labute approximate surface area is 104 Å². The van der Waals surface area contributed by atoms with Crippen molar-refractivity contribution < 1.29 is 5.11 Å². The molecule has 1 atom stereocenters. The first kappa shape index (κ1) is 12.6. The summed E-state index contributed by atoms with van der Waals surface area (Å²) in [4.78, 5) is 0. The zero-order valence-electron chi connectivity index (χ0n) is 10.9. The Morgan fingerprint density at radius 2 is 2.12 bits per heavy atom. The van der Waals surface area contributed by atoms with E-state index in [-0.39, 0.29) is 0 Å². The van der Waals surface area contributed by atoms with Crippen molar-refractivity contribution >= 4 is 0 Å². The highest BCUT2D eigenvalue weighted by molar-refractivity contribution is 5.32. The van der Waals surface area contributed by atoms with Crippen LogP contribution in [0.25, 0.3) is 0 Å². The molecule has 17 heavy (non-hydrogen) atoms. The van der Waals surface area contributed by atoms with E-state index < -0.39 is 0 Å². The van der Waals surface area contributed by atoms with Crippen molar-refractivity contribution in [1.29, 1.82) is 0 Å². The number of aryl methyl sites for hydroxylation is 1. The van der Waals surface area contributed by atoms with E-state index in [4.69, 9.17) is 5.11 Å². The Morgan fingerprint density at radius 3 is 2.76 bits per heavy atom. The van der Waals surface area contributed by atoms with Gasteiger partial charge in [-0.3, -0.25) is 0 Å². The highest BCUT2D eigenvalue weighted by atomic mass is 16.3. The SMILES string of the molecule is Cc1cccc(CNC(CCO)C2CC2)c1C. The fourth-order valence-electron chi connectivity index (χ4n) is 2.39. The van der Waals surface area contributed by atoms with E-state index in [1.807, 2.05) is 0 Å². The van der Waals surface area contributed by atoms with Crippen molar-refractivity contribution in [2.45, 2.75) is 45.7 Å². The van der Waals surface area contributed by atoms with E-state index in [1.165, 1.54) is 29.5 Å². The van der Waals surface area contributed by atoms with Gasteiger partial charge in [-0.2, -0.15) is 0 Å². The number of nitrogens with one attached hydrogen (secondary N) is 1. The Balaban J connectivity index is 1.93. The van der Waals surface area contributed by atoms with E-state index in [2.05, 4.69) is 37.4 Å². The first-order valence-corrected chi connectivity index (χ1v) is 6.61. The number of aliphatic hydroxyl groups is 1. The van der Waals surface area contributed by atoms with Gasteiger partial charge in [0.1, 0.15) is 0 Å². The molecular weight excluding hydrogens is 210 g/mol. The van der Waals surface area contributed by atoms with Gasteiger partial charge in [-0.15, -0.1) is 0 Å². The van der Waals surface area contributed by atoms with E-state index in [9.17, 15) is 0 Å². The van der Waals surface area contributed by atoms with E-state index >= 15 is 0 Å². The fraction of sp³-hybridized carbons (Fsp3) is 0.600. The molecule has 2 rings (SSSR count). The summed E-state index contributed by atoms with van der Waals surface area (Å²) in [5, 5.41) is 12.7. The molecule has 1 aliphatic carbocycles. The molecule has 1 aromatic carbocycles. The lowest BCUT2D eigenvalue weighted by atomic mass is 10.0. The summed E-state index contributed by atoms with van der Waals surface area (Å²) in [7, 11) is 0. The summed E-state index contributed by atoms with van der Waals surface area (Å²) in [5.41, 5.74) is 4.13. The van der Waals surface area contributed by atoms with Crippen molar-refractivity contribution in [1.82, 2.24) is 5.32 Å². The quantitative estimate of drug-likeness (QED) is 0.791. The van der Waals surface area contributed by atoms with Gasteiger partial charge in [0.15, 0.2) is 0 Å². The van der Waals surface area contributed by atoms with Gasteiger partial charge in [-0.05, 0) is 55.7 Å². The molecule has 2 N–H and O–H groups in total. The molecular formula is C15H23NO. The summed E-state index contributed by atoms with van der Waals surface area (Å²) in [5.74, 6) is 0.798. The van der Waals surface area contributed by atoms with Crippen LogP contribution in [0.4, 0.5) is 0 Å². The third-order valence-corrected chi connectivity index (χ3v) is 3.90. The molecule has 2 nitrogen and oxygen atoms in total. The van der Waals surface area contributed by atoms with Crippen LogP contribution in [0.5, 0.6) is 0 Å². The van der Waals surface area contributed by atoms with E-state index in [0.29, 0.717) is 12.6 Å². The molecule has 1 aliphatic rings. The third-order valence-electron chi connectivity index (χ3n) is 3.90. The lowest BCUT2D eigenvalue weighted by Gasteiger charge is -2.18. The van der Waals surface area contributed by atoms with Crippen LogP contribution in [-0.4, -0.2) is 17.8 Å². The smallest absolute Gasteiger partial charge is 0.0445 e. The lowest BCUT2D eigenvalue weighted by molar-refractivity contribution is 0.255. The first-order valence-electron chi connectivity index (χ1n) is 6.61. The molecule has 0 radical (unpaired) electrons. The van der Waals surface area contributed by atoms with Crippen molar-refractivity contribution in [2.75, 3.05) is 6.61 Å². The van der Waals surface area contributed by atoms with Gasteiger partial charge in [0.05, 0.1) is 0 Å². The number of benzene rings is 1. The second-order valence-corrected chi connectivity index (χ2v) is 5.20. The molecule has 1 aromatic rings. The van der Waals surface area contributed by atoms with Crippen molar-refractivity contribution in [2.24, 2.45) is 5.92 Å². The molecule has 0 heterocycles. The maximum absolute atomic E-state index is 9.07. The molecule has 94 valence electrons. The Bertz CT molecular complexity index is 371. The number of hydrogen-bond donors (Lipinski definition) is 2. The van der Waals surface area contributed by atoms with Crippen LogP contribution in [0.2, 0.25) is 0 Å². The van der Waals surface area contributed by atoms with Gasteiger partial charge in [0, 0.05) is 19.2 Å². The van der Waals surface area contributed by atoms with Gasteiger partial charge in [-0.25, -0.2) is 0 Å². The molecule has 1 fully saturated rings. The van der Waals surface area contributed by atoms with Crippen LogP contribution in [0, 0.1) is 19.8 Å². The second-order valence-electron chi connectivity index (χ2n) is 5.20. The zero-order valence-corrected chi connectivity index (χ0v) is 10.9. The minimum Gasteiger partial charge on any atom is -0.396 e.